The zero-order valence-corrected chi connectivity index (χ0v) is 10.4. The number of carbonyl (C=O) groups excluding carboxylic acids is 1. The average molecular weight is 250 g/mol. The maximum Gasteiger partial charge on any atom is 0.343 e. The molecule has 0 aromatic heterocycles. The molecule has 1 aliphatic heterocycles. The van der Waals surface area contributed by atoms with Crippen molar-refractivity contribution in [1.82, 2.24) is 5.32 Å². The molecule has 0 bridgehead atoms. The van der Waals surface area contributed by atoms with Gasteiger partial charge < -0.3 is 20.1 Å². The first-order chi connectivity index (χ1) is 8.78. The summed E-state index contributed by atoms with van der Waals surface area (Å²) in [5.41, 5.74) is 1.06. The van der Waals surface area contributed by atoms with Crippen LogP contribution in [-0.2, 0) is 9.53 Å². The third kappa shape index (κ3) is 3.63. The van der Waals surface area contributed by atoms with Crippen LogP contribution in [0.1, 0.15) is 6.42 Å². The second-order valence-electron chi connectivity index (χ2n) is 4.22. The second kappa shape index (κ2) is 6.26. The summed E-state index contributed by atoms with van der Waals surface area (Å²) >= 11 is 0. The number of methoxy groups -OCH3 is 1. The Balaban J connectivity index is 1.82. The molecule has 0 aliphatic carbocycles. The molecule has 1 saturated heterocycles. The van der Waals surface area contributed by atoms with E-state index >= 15 is 0 Å². The first-order valence-corrected chi connectivity index (χ1v) is 6.05. The van der Waals surface area contributed by atoms with Gasteiger partial charge in [0.05, 0.1) is 7.11 Å². The first-order valence-electron chi connectivity index (χ1n) is 6.05. The largest absolute Gasteiger partial charge is 0.482 e. The monoisotopic (exact) mass is 250 g/mol. The Morgan fingerprint density at radius 2 is 2.22 bits per heavy atom. The summed E-state index contributed by atoms with van der Waals surface area (Å²) in [6.45, 7) is 2.01. The fourth-order valence-electron chi connectivity index (χ4n) is 1.86. The molecule has 1 aromatic rings. The number of esters is 1. The van der Waals surface area contributed by atoms with E-state index in [0.717, 1.165) is 25.2 Å². The van der Waals surface area contributed by atoms with Gasteiger partial charge in [-0.1, -0.05) is 0 Å². The molecule has 0 saturated carbocycles. The predicted octanol–water partition coefficient (Wildman–Crippen LogP) is 1.01. The molecule has 98 valence electrons. The van der Waals surface area contributed by atoms with E-state index in [0.29, 0.717) is 11.8 Å². The molecular weight excluding hydrogens is 232 g/mol. The minimum absolute atomic E-state index is 0.0597. The van der Waals surface area contributed by atoms with Crippen LogP contribution in [0.4, 0.5) is 5.69 Å². The Morgan fingerprint density at radius 1 is 1.44 bits per heavy atom. The third-order valence-electron chi connectivity index (χ3n) is 2.87. The molecule has 1 unspecified atom stereocenters. The van der Waals surface area contributed by atoms with Crippen molar-refractivity contribution in [3.63, 3.8) is 0 Å². The number of nitrogens with one attached hydrogen (secondary N) is 2. The van der Waals surface area contributed by atoms with Crippen LogP contribution in [-0.4, -0.2) is 38.8 Å². The molecule has 1 aliphatic rings. The van der Waals surface area contributed by atoms with Crippen molar-refractivity contribution in [3.8, 4) is 5.75 Å². The van der Waals surface area contributed by atoms with Crippen LogP contribution in [0.3, 0.4) is 0 Å². The summed E-state index contributed by atoms with van der Waals surface area (Å²) in [6.07, 6.45) is 1.14. The van der Waals surface area contributed by atoms with Gasteiger partial charge in [0.15, 0.2) is 6.61 Å². The van der Waals surface area contributed by atoms with Crippen LogP contribution in [0.25, 0.3) is 0 Å². The van der Waals surface area contributed by atoms with E-state index in [1.807, 2.05) is 24.3 Å². The fraction of sp³-hybridized carbons (Fsp3) is 0.462. The molecule has 1 fully saturated rings. The SMILES string of the molecule is COC(=O)COc1ccc(NC2CCNC2)cc1. The van der Waals surface area contributed by atoms with Gasteiger partial charge in [0.2, 0.25) is 0 Å². The maximum atomic E-state index is 10.9. The number of hydrogen-bond donors (Lipinski definition) is 2. The standard InChI is InChI=1S/C13H18N2O3/c1-17-13(16)9-18-12-4-2-10(3-5-12)15-11-6-7-14-8-11/h2-5,11,14-15H,6-9H2,1H3. The van der Waals surface area contributed by atoms with Crippen molar-refractivity contribution >= 4 is 11.7 Å². The lowest BCUT2D eigenvalue weighted by Crippen LogP contribution is -2.21. The Kier molecular flexibility index (Phi) is 4.41. The molecule has 0 radical (unpaired) electrons. The average Bonchev–Trinajstić information content (AvgIpc) is 2.90. The van der Waals surface area contributed by atoms with E-state index in [1.54, 1.807) is 0 Å². The number of benzene rings is 1. The zero-order chi connectivity index (χ0) is 12.8. The first kappa shape index (κ1) is 12.7. The van der Waals surface area contributed by atoms with Crippen molar-refractivity contribution in [3.05, 3.63) is 24.3 Å². The molecule has 0 amide bonds. The van der Waals surface area contributed by atoms with Gasteiger partial charge in [-0.05, 0) is 37.2 Å². The summed E-state index contributed by atoms with van der Waals surface area (Å²) in [5, 5.41) is 6.74. The maximum absolute atomic E-state index is 10.9. The molecule has 18 heavy (non-hydrogen) atoms. The molecular formula is C13H18N2O3. The van der Waals surface area contributed by atoms with Crippen LogP contribution in [0.5, 0.6) is 5.75 Å². The van der Waals surface area contributed by atoms with E-state index in [2.05, 4.69) is 15.4 Å². The van der Waals surface area contributed by atoms with Gasteiger partial charge in [-0.3, -0.25) is 0 Å². The normalized spacial score (nSPS) is 18.4. The predicted molar refractivity (Wildman–Crippen MR) is 68.9 cm³/mol. The molecule has 1 aromatic carbocycles. The van der Waals surface area contributed by atoms with Crippen molar-refractivity contribution in [1.29, 1.82) is 0 Å². The minimum atomic E-state index is -0.380. The van der Waals surface area contributed by atoms with Crippen LogP contribution >= 0.6 is 0 Å². The Morgan fingerprint density at radius 3 is 2.83 bits per heavy atom. The molecule has 1 atom stereocenters. The lowest BCUT2D eigenvalue weighted by atomic mass is 10.2. The number of ether oxygens (including phenoxy) is 2. The van der Waals surface area contributed by atoms with Crippen LogP contribution in [0.15, 0.2) is 24.3 Å². The highest BCUT2D eigenvalue weighted by molar-refractivity contribution is 5.70. The van der Waals surface area contributed by atoms with Gasteiger partial charge in [-0.2, -0.15) is 0 Å². The number of anilines is 1. The summed E-state index contributed by atoms with van der Waals surface area (Å²) in [6, 6.07) is 8.07. The van der Waals surface area contributed by atoms with Crippen molar-refractivity contribution < 1.29 is 14.3 Å². The zero-order valence-electron chi connectivity index (χ0n) is 10.4. The quantitative estimate of drug-likeness (QED) is 0.764. The van der Waals surface area contributed by atoms with E-state index in [1.165, 1.54) is 7.11 Å². The van der Waals surface area contributed by atoms with Crippen LogP contribution in [0, 0.1) is 0 Å². The Labute approximate surface area is 106 Å². The Hall–Kier alpha value is -1.75. The van der Waals surface area contributed by atoms with Crippen molar-refractivity contribution in [2.24, 2.45) is 0 Å². The van der Waals surface area contributed by atoms with Crippen LogP contribution in [0.2, 0.25) is 0 Å². The van der Waals surface area contributed by atoms with Gasteiger partial charge in [0.1, 0.15) is 5.75 Å². The van der Waals surface area contributed by atoms with Crippen molar-refractivity contribution in [2.75, 3.05) is 32.1 Å². The third-order valence-corrected chi connectivity index (χ3v) is 2.87. The topological polar surface area (TPSA) is 59.6 Å². The smallest absolute Gasteiger partial charge is 0.343 e. The van der Waals surface area contributed by atoms with Gasteiger partial charge in [0, 0.05) is 18.3 Å². The number of carbonyl (C=O) groups is 1. The molecule has 5 nitrogen and oxygen atoms in total. The molecule has 1 heterocycles. The molecule has 0 spiro atoms. The highest BCUT2D eigenvalue weighted by Crippen LogP contribution is 2.17. The lowest BCUT2D eigenvalue weighted by Gasteiger charge is -2.13. The van der Waals surface area contributed by atoms with Crippen LogP contribution < -0.4 is 15.4 Å². The highest BCUT2D eigenvalue weighted by atomic mass is 16.6. The van der Waals surface area contributed by atoms with Gasteiger partial charge in [0.25, 0.3) is 0 Å². The summed E-state index contributed by atoms with van der Waals surface area (Å²) in [4.78, 5) is 10.9. The molecule has 2 N–H and O–H groups in total. The van der Waals surface area contributed by atoms with E-state index in [9.17, 15) is 4.79 Å². The summed E-state index contributed by atoms with van der Waals surface area (Å²) in [7, 11) is 1.34. The molecule has 2 rings (SSSR count). The van der Waals surface area contributed by atoms with E-state index < -0.39 is 0 Å². The minimum Gasteiger partial charge on any atom is -0.482 e. The number of rotatable bonds is 5. The van der Waals surface area contributed by atoms with Gasteiger partial charge in [-0.25, -0.2) is 4.79 Å². The van der Waals surface area contributed by atoms with Gasteiger partial charge in [-0.15, -0.1) is 0 Å². The lowest BCUT2D eigenvalue weighted by molar-refractivity contribution is -0.142. The summed E-state index contributed by atoms with van der Waals surface area (Å²) < 4.78 is 9.77. The van der Waals surface area contributed by atoms with E-state index in [4.69, 9.17) is 4.74 Å². The highest BCUT2D eigenvalue weighted by Gasteiger charge is 2.13. The number of hydrogen-bond acceptors (Lipinski definition) is 5. The fourth-order valence-corrected chi connectivity index (χ4v) is 1.86. The Bertz CT molecular complexity index is 386. The second-order valence-corrected chi connectivity index (χ2v) is 4.22. The molecule has 5 heteroatoms. The van der Waals surface area contributed by atoms with Crippen molar-refractivity contribution in [2.45, 2.75) is 12.5 Å². The summed E-state index contributed by atoms with van der Waals surface area (Å²) in [5.74, 6) is 0.282. The van der Waals surface area contributed by atoms with Gasteiger partial charge >= 0.3 is 5.97 Å². The van der Waals surface area contributed by atoms with E-state index in [-0.39, 0.29) is 12.6 Å².